The van der Waals surface area contributed by atoms with Crippen molar-refractivity contribution >= 4 is 0 Å². The van der Waals surface area contributed by atoms with Crippen LogP contribution in [0.2, 0.25) is 0 Å². The molecule has 0 aromatic carbocycles. The van der Waals surface area contributed by atoms with Crippen LogP contribution in [0.25, 0.3) is 0 Å². The summed E-state index contributed by atoms with van der Waals surface area (Å²) in [6.07, 6.45) is 5.60. The summed E-state index contributed by atoms with van der Waals surface area (Å²) in [4.78, 5) is 2.64. The Bertz CT molecular complexity index is 196. The zero-order chi connectivity index (χ0) is 10.2. The average molecular weight is 196 g/mol. The van der Waals surface area contributed by atoms with E-state index in [2.05, 4.69) is 18.7 Å². The molecule has 1 aliphatic carbocycles. The molecule has 0 spiro atoms. The molecule has 0 radical (unpaired) electrons. The van der Waals surface area contributed by atoms with Crippen LogP contribution in [0.5, 0.6) is 0 Å². The fourth-order valence-electron chi connectivity index (χ4n) is 2.90. The Labute approximate surface area is 87.8 Å². The summed E-state index contributed by atoms with van der Waals surface area (Å²) in [6, 6.07) is 0.686. The largest absolute Gasteiger partial charge is 0.329 e. The average Bonchev–Trinajstić information content (AvgIpc) is 2.37. The molecule has 2 rings (SSSR count). The van der Waals surface area contributed by atoms with Crippen molar-refractivity contribution in [1.29, 1.82) is 0 Å². The van der Waals surface area contributed by atoms with Crippen molar-refractivity contribution in [2.75, 3.05) is 19.6 Å². The molecule has 0 aromatic heterocycles. The van der Waals surface area contributed by atoms with Gasteiger partial charge in [0, 0.05) is 19.1 Å². The second-order valence-electron chi connectivity index (χ2n) is 5.88. The summed E-state index contributed by atoms with van der Waals surface area (Å²) in [6.45, 7) is 8.14. The molecule has 2 N–H and O–H groups in total. The highest BCUT2D eigenvalue weighted by Gasteiger charge is 2.37. The van der Waals surface area contributed by atoms with Gasteiger partial charge < -0.3 is 5.73 Å². The molecule has 0 aromatic rings. The Morgan fingerprint density at radius 1 is 1.43 bits per heavy atom. The van der Waals surface area contributed by atoms with Gasteiger partial charge in [-0.2, -0.15) is 0 Å². The third kappa shape index (κ3) is 1.96. The first-order valence-electron chi connectivity index (χ1n) is 6.06. The topological polar surface area (TPSA) is 29.3 Å². The van der Waals surface area contributed by atoms with Gasteiger partial charge in [-0.3, -0.25) is 4.90 Å². The SMILES string of the molecule is CC1(C)CCN(C(CN)C2CCC2)C1. The molecule has 2 nitrogen and oxygen atoms in total. The fourth-order valence-corrected chi connectivity index (χ4v) is 2.90. The lowest BCUT2D eigenvalue weighted by molar-refractivity contribution is 0.113. The molecule has 2 heteroatoms. The molecule has 2 aliphatic rings. The second-order valence-corrected chi connectivity index (χ2v) is 5.88. The normalized spacial score (nSPS) is 30.2. The molecule has 1 aliphatic heterocycles. The lowest BCUT2D eigenvalue weighted by atomic mass is 9.79. The van der Waals surface area contributed by atoms with Gasteiger partial charge in [-0.1, -0.05) is 20.3 Å². The fraction of sp³-hybridized carbons (Fsp3) is 1.00. The van der Waals surface area contributed by atoms with Crippen LogP contribution in [0.3, 0.4) is 0 Å². The minimum atomic E-state index is 0.525. The smallest absolute Gasteiger partial charge is 0.0246 e. The van der Waals surface area contributed by atoms with E-state index in [0.717, 1.165) is 12.5 Å². The molecular formula is C12H24N2. The molecule has 1 unspecified atom stereocenters. The van der Waals surface area contributed by atoms with Gasteiger partial charge in [-0.15, -0.1) is 0 Å². The van der Waals surface area contributed by atoms with Crippen molar-refractivity contribution in [3.8, 4) is 0 Å². The van der Waals surface area contributed by atoms with Gasteiger partial charge in [0.25, 0.3) is 0 Å². The zero-order valence-corrected chi connectivity index (χ0v) is 9.63. The van der Waals surface area contributed by atoms with Crippen LogP contribution in [0.1, 0.15) is 39.5 Å². The third-order valence-electron chi connectivity index (χ3n) is 4.11. The summed E-state index contributed by atoms with van der Waals surface area (Å²) in [5.74, 6) is 0.911. The van der Waals surface area contributed by atoms with Gasteiger partial charge >= 0.3 is 0 Å². The van der Waals surface area contributed by atoms with Crippen molar-refractivity contribution in [2.45, 2.75) is 45.6 Å². The number of hydrogen-bond acceptors (Lipinski definition) is 2. The van der Waals surface area contributed by atoms with E-state index in [0.29, 0.717) is 11.5 Å². The summed E-state index contributed by atoms with van der Waals surface area (Å²) in [7, 11) is 0. The van der Waals surface area contributed by atoms with Crippen LogP contribution >= 0.6 is 0 Å². The standard InChI is InChI=1S/C12H24N2/c1-12(2)6-7-14(9-12)11(8-13)10-4-3-5-10/h10-11H,3-9,13H2,1-2H3. The number of likely N-dealkylation sites (tertiary alicyclic amines) is 1. The predicted molar refractivity (Wildman–Crippen MR) is 60.2 cm³/mol. The molecular weight excluding hydrogens is 172 g/mol. The van der Waals surface area contributed by atoms with E-state index in [4.69, 9.17) is 5.73 Å². The van der Waals surface area contributed by atoms with Crippen molar-refractivity contribution in [3.05, 3.63) is 0 Å². The van der Waals surface area contributed by atoms with Crippen LogP contribution in [-0.4, -0.2) is 30.6 Å². The number of rotatable bonds is 3. The molecule has 1 atom stereocenters. The van der Waals surface area contributed by atoms with E-state index in [-0.39, 0.29) is 0 Å². The monoisotopic (exact) mass is 196 g/mol. The zero-order valence-electron chi connectivity index (χ0n) is 9.63. The van der Waals surface area contributed by atoms with Crippen molar-refractivity contribution in [2.24, 2.45) is 17.1 Å². The lowest BCUT2D eigenvalue weighted by Crippen LogP contribution is -2.47. The van der Waals surface area contributed by atoms with E-state index < -0.39 is 0 Å². The van der Waals surface area contributed by atoms with E-state index in [1.54, 1.807) is 0 Å². The van der Waals surface area contributed by atoms with Crippen LogP contribution in [0.4, 0.5) is 0 Å². The van der Waals surface area contributed by atoms with Crippen LogP contribution < -0.4 is 5.73 Å². The maximum absolute atomic E-state index is 5.91. The summed E-state index contributed by atoms with van der Waals surface area (Å²) in [5.41, 5.74) is 6.43. The van der Waals surface area contributed by atoms with Crippen molar-refractivity contribution < 1.29 is 0 Å². The quantitative estimate of drug-likeness (QED) is 0.746. The minimum absolute atomic E-state index is 0.525. The Morgan fingerprint density at radius 3 is 2.50 bits per heavy atom. The highest BCUT2D eigenvalue weighted by atomic mass is 15.2. The molecule has 82 valence electrons. The van der Waals surface area contributed by atoms with Gasteiger partial charge in [-0.25, -0.2) is 0 Å². The first-order chi connectivity index (χ1) is 6.62. The summed E-state index contributed by atoms with van der Waals surface area (Å²) in [5, 5.41) is 0. The van der Waals surface area contributed by atoms with Gasteiger partial charge in [0.05, 0.1) is 0 Å². The highest BCUT2D eigenvalue weighted by Crippen LogP contribution is 2.37. The van der Waals surface area contributed by atoms with Crippen molar-refractivity contribution in [1.82, 2.24) is 4.90 Å². The molecule has 0 bridgehead atoms. The van der Waals surface area contributed by atoms with E-state index in [1.807, 2.05) is 0 Å². The predicted octanol–water partition coefficient (Wildman–Crippen LogP) is 1.85. The van der Waals surface area contributed by atoms with E-state index in [9.17, 15) is 0 Å². The van der Waals surface area contributed by atoms with Gasteiger partial charge in [0.15, 0.2) is 0 Å². The number of nitrogens with zero attached hydrogens (tertiary/aromatic N) is 1. The Morgan fingerprint density at radius 2 is 2.14 bits per heavy atom. The van der Waals surface area contributed by atoms with E-state index in [1.165, 1.54) is 38.8 Å². The van der Waals surface area contributed by atoms with Crippen LogP contribution in [0.15, 0.2) is 0 Å². The molecule has 1 saturated heterocycles. The Kier molecular flexibility index (Phi) is 2.85. The molecule has 0 amide bonds. The summed E-state index contributed by atoms with van der Waals surface area (Å²) >= 11 is 0. The Hall–Kier alpha value is -0.0800. The summed E-state index contributed by atoms with van der Waals surface area (Å²) < 4.78 is 0. The van der Waals surface area contributed by atoms with Gasteiger partial charge in [0.1, 0.15) is 0 Å². The molecule has 14 heavy (non-hydrogen) atoms. The first kappa shape index (κ1) is 10.4. The third-order valence-corrected chi connectivity index (χ3v) is 4.11. The number of nitrogens with two attached hydrogens (primary N) is 1. The highest BCUT2D eigenvalue weighted by molar-refractivity contribution is 4.92. The number of hydrogen-bond donors (Lipinski definition) is 1. The Balaban J connectivity index is 1.92. The van der Waals surface area contributed by atoms with Crippen molar-refractivity contribution in [3.63, 3.8) is 0 Å². The lowest BCUT2D eigenvalue weighted by Gasteiger charge is -2.39. The van der Waals surface area contributed by atoms with E-state index >= 15 is 0 Å². The van der Waals surface area contributed by atoms with Crippen LogP contribution in [-0.2, 0) is 0 Å². The minimum Gasteiger partial charge on any atom is -0.329 e. The first-order valence-corrected chi connectivity index (χ1v) is 6.06. The van der Waals surface area contributed by atoms with Gasteiger partial charge in [0.2, 0.25) is 0 Å². The van der Waals surface area contributed by atoms with Crippen LogP contribution in [0, 0.1) is 11.3 Å². The maximum atomic E-state index is 5.91. The molecule has 1 heterocycles. The van der Waals surface area contributed by atoms with Gasteiger partial charge in [-0.05, 0) is 37.1 Å². The maximum Gasteiger partial charge on any atom is 0.0246 e. The molecule has 1 saturated carbocycles. The second kappa shape index (κ2) is 3.82. The molecule has 2 fully saturated rings.